The van der Waals surface area contributed by atoms with Gasteiger partial charge in [-0.15, -0.1) is 0 Å². The molecule has 1 fully saturated rings. The van der Waals surface area contributed by atoms with Crippen molar-refractivity contribution >= 4 is 11.9 Å². The number of aromatic nitrogens is 1. The van der Waals surface area contributed by atoms with Crippen molar-refractivity contribution in [3.63, 3.8) is 0 Å². The van der Waals surface area contributed by atoms with E-state index in [2.05, 4.69) is 4.98 Å². The maximum Gasteiger partial charge on any atom is 0.308 e. The minimum absolute atomic E-state index is 0.0763. The first-order valence-corrected chi connectivity index (χ1v) is 5.74. The fourth-order valence-electron chi connectivity index (χ4n) is 2.09. The molecule has 1 amide bonds. The molecule has 0 bridgehead atoms. The predicted molar refractivity (Wildman–Crippen MR) is 62.2 cm³/mol. The number of aliphatic carboxylic acids is 1. The van der Waals surface area contributed by atoms with Gasteiger partial charge in [-0.25, -0.2) is 0 Å². The van der Waals surface area contributed by atoms with Crippen molar-refractivity contribution in [3.8, 4) is 5.75 Å². The lowest BCUT2D eigenvalue weighted by molar-refractivity contribution is -0.143. The number of likely N-dealkylation sites (tertiary alicyclic amines) is 1. The summed E-state index contributed by atoms with van der Waals surface area (Å²) in [5.41, 5.74) is 0.279. The van der Waals surface area contributed by atoms with Gasteiger partial charge >= 0.3 is 5.97 Å². The van der Waals surface area contributed by atoms with Crippen LogP contribution in [0.25, 0.3) is 0 Å². The van der Waals surface area contributed by atoms with Crippen LogP contribution in [0.3, 0.4) is 0 Å². The molecular weight excluding hydrogens is 236 g/mol. The van der Waals surface area contributed by atoms with Crippen molar-refractivity contribution in [2.45, 2.75) is 12.8 Å². The van der Waals surface area contributed by atoms with Crippen LogP contribution in [0.15, 0.2) is 18.5 Å². The molecule has 0 unspecified atom stereocenters. The van der Waals surface area contributed by atoms with Crippen LogP contribution in [0.4, 0.5) is 0 Å². The number of amides is 1. The zero-order chi connectivity index (χ0) is 13.1. The second-order valence-electron chi connectivity index (χ2n) is 4.36. The fourth-order valence-corrected chi connectivity index (χ4v) is 2.09. The molecule has 1 aromatic heterocycles. The molecule has 0 aliphatic carbocycles. The highest BCUT2D eigenvalue weighted by Gasteiger charge is 2.28. The van der Waals surface area contributed by atoms with Crippen LogP contribution in [0.2, 0.25) is 0 Å². The standard InChI is InChI=1S/C12H14N2O4/c15-10-4-9(5-13-6-10)11(16)14-3-1-2-8(7-14)12(17)18/h4-6,8,15H,1-3,7H2,(H,17,18)/t8-/m1/s1. The maximum absolute atomic E-state index is 12.1. The Morgan fingerprint density at radius 1 is 1.39 bits per heavy atom. The Labute approximate surface area is 104 Å². The number of carboxylic acid groups (broad SMARTS) is 1. The first-order chi connectivity index (χ1) is 8.58. The van der Waals surface area contributed by atoms with Crippen LogP contribution in [-0.4, -0.2) is 45.1 Å². The van der Waals surface area contributed by atoms with Crippen LogP contribution in [0.5, 0.6) is 5.75 Å². The second kappa shape index (κ2) is 5.03. The van der Waals surface area contributed by atoms with E-state index in [1.807, 2.05) is 0 Å². The third kappa shape index (κ3) is 2.58. The largest absolute Gasteiger partial charge is 0.506 e. The molecule has 2 rings (SSSR count). The minimum atomic E-state index is -0.874. The summed E-state index contributed by atoms with van der Waals surface area (Å²) in [6, 6.07) is 1.33. The first kappa shape index (κ1) is 12.3. The quantitative estimate of drug-likeness (QED) is 0.807. The van der Waals surface area contributed by atoms with E-state index in [0.29, 0.717) is 19.4 Å². The van der Waals surface area contributed by atoms with E-state index < -0.39 is 11.9 Å². The third-order valence-corrected chi connectivity index (χ3v) is 3.03. The minimum Gasteiger partial charge on any atom is -0.506 e. The number of pyridine rings is 1. The summed E-state index contributed by atoms with van der Waals surface area (Å²) in [4.78, 5) is 28.3. The summed E-state index contributed by atoms with van der Waals surface area (Å²) in [6.07, 6.45) is 3.88. The summed E-state index contributed by atoms with van der Waals surface area (Å²) in [6.45, 7) is 0.752. The van der Waals surface area contributed by atoms with Crippen molar-refractivity contribution in [1.82, 2.24) is 9.88 Å². The van der Waals surface area contributed by atoms with Gasteiger partial charge in [0.25, 0.3) is 5.91 Å². The van der Waals surface area contributed by atoms with Gasteiger partial charge in [0.15, 0.2) is 0 Å². The van der Waals surface area contributed by atoms with Crippen LogP contribution in [0.1, 0.15) is 23.2 Å². The average Bonchev–Trinajstić information content (AvgIpc) is 2.38. The van der Waals surface area contributed by atoms with Gasteiger partial charge in [0.1, 0.15) is 5.75 Å². The van der Waals surface area contributed by atoms with Crippen molar-refractivity contribution in [3.05, 3.63) is 24.0 Å². The van der Waals surface area contributed by atoms with E-state index in [9.17, 15) is 14.7 Å². The normalized spacial score (nSPS) is 19.6. The van der Waals surface area contributed by atoms with Crippen molar-refractivity contribution in [1.29, 1.82) is 0 Å². The van der Waals surface area contributed by atoms with E-state index in [4.69, 9.17) is 5.11 Å². The Hall–Kier alpha value is -2.11. The Kier molecular flexibility index (Phi) is 3.45. The van der Waals surface area contributed by atoms with E-state index in [1.165, 1.54) is 23.4 Å². The molecule has 1 aliphatic rings. The number of carboxylic acids is 1. The SMILES string of the molecule is O=C(O)[C@@H]1CCCN(C(=O)c2cncc(O)c2)C1. The van der Waals surface area contributed by atoms with E-state index in [1.54, 1.807) is 0 Å². The van der Waals surface area contributed by atoms with Gasteiger partial charge in [0, 0.05) is 19.3 Å². The smallest absolute Gasteiger partial charge is 0.308 e. The van der Waals surface area contributed by atoms with Crippen LogP contribution in [0, 0.1) is 5.92 Å². The topological polar surface area (TPSA) is 90.7 Å². The highest BCUT2D eigenvalue weighted by molar-refractivity contribution is 5.94. The Morgan fingerprint density at radius 2 is 2.17 bits per heavy atom. The summed E-state index contributed by atoms with van der Waals surface area (Å²) >= 11 is 0. The first-order valence-electron chi connectivity index (χ1n) is 5.74. The Bertz CT molecular complexity index is 475. The van der Waals surface area contributed by atoms with E-state index in [0.717, 1.165) is 0 Å². The number of carbonyl (C=O) groups excluding carboxylic acids is 1. The summed E-state index contributed by atoms with van der Waals surface area (Å²) < 4.78 is 0. The lowest BCUT2D eigenvalue weighted by Gasteiger charge is -2.30. The van der Waals surface area contributed by atoms with E-state index in [-0.39, 0.29) is 23.8 Å². The summed E-state index contributed by atoms with van der Waals surface area (Å²) in [5.74, 6) is -1.74. The molecule has 6 heteroatoms. The van der Waals surface area contributed by atoms with Gasteiger partial charge in [-0.3, -0.25) is 14.6 Å². The molecule has 0 radical (unpaired) electrons. The zero-order valence-corrected chi connectivity index (χ0v) is 9.74. The number of carbonyl (C=O) groups is 2. The molecule has 0 spiro atoms. The molecule has 2 heterocycles. The molecule has 18 heavy (non-hydrogen) atoms. The molecule has 1 aliphatic heterocycles. The number of hydrogen-bond donors (Lipinski definition) is 2. The van der Waals surface area contributed by atoms with Crippen molar-refractivity contribution in [2.24, 2.45) is 5.92 Å². The number of hydrogen-bond acceptors (Lipinski definition) is 4. The highest BCUT2D eigenvalue weighted by Crippen LogP contribution is 2.19. The van der Waals surface area contributed by atoms with Crippen molar-refractivity contribution in [2.75, 3.05) is 13.1 Å². The maximum atomic E-state index is 12.1. The average molecular weight is 250 g/mol. The third-order valence-electron chi connectivity index (χ3n) is 3.03. The zero-order valence-electron chi connectivity index (χ0n) is 9.74. The lowest BCUT2D eigenvalue weighted by atomic mass is 9.98. The van der Waals surface area contributed by atoms with Gasteiger partial charge in [-0.2, -0.15) is 0 Å². The molecular formula is C12H14N2O4. The summed E-state index contributed by atoms with van der Waals surface area (Å²) in [7, 11) is 0. The molecule has 2 N–H and O–H groups in total. The van der Waals surface area contributed by atoms with Crippen molar-refractivity contribution < 1.29 is 19.8 Å². The van der Waals surface area contributed by atoms with Crippen LogP contribution < -0.4 is 0 Å². The highest BCUT2D eigenvalue weighted by atomic mass is 16.4. The molecule has 1 atom stereocenters. The molecule has 96 valence electrons. The number of rotatable bonds is 2. The van der Waals surface area contributed by atoms with Crippen LogP contribution in [-0.2, 0) is 4.79 Å². The monoisotopic (exact) mass is 250 g/mol. The lowest BCUT2D eigenvalue weighted by Crippen LogP contribution is -2.42. The van der Waals surface area contributed by atoms with Gasteiger partial charge in [-0.1, -0.05) is 0 Å². The molecule has 1 saturated heterocycles. The van der Waals surface area contributed by atoms with Gasteiger partial charge < -0.3 is 15.1 Å². The number of nitrogens with zero attached hydrogens (tertiary/aromatic N) is 2. The molecule has 1 aromatic rings. The van der Waals surface area contributed by atoms with Gasteiger partial charge in [0.2, 0.25) is 0 Å². The van der Waals surface area contributed by atoms with Gasteiger partial charge in [0.05, 0.1) is 17.7 Å². The molecule has 0 saturated carbocycles. The number of aromatic hydroxyl groups is 1. The Morgan fingerprint density at radius 3 is 2.83 bits per heavy atom. The molecule has 0 aromatic carbocycles. The predicted octanol–water partition coefficient (Wildman–Crippen LogP) is 0.724. The van der Waals surface area contributed by atoms with E-state index >= 15 is 0 Å². The second-order valence-corrected chi connectivity index (χ2v) is 4.36. The van der Waals surface area contributed by atoms with Crippen LogP contribution >= 0.6 is 0 Å². The summed E-state index contributed by atoms with van der Waals surface area (Å²) in [5, 5.41) is 18.2. The van der Waals surface area contributed by atoms with Gasteiger partial charge in [-0.05, 0) is 18.9 Å². The fraction of sp³-hybridized carbons (Fsp3) is 0.417. The molecule has 6 nitrogen and oxygen atoms in total. The number of piperidine rings is 1. The Balaban J connectivity index is 2.11.